The Morgan fingerprint density at radius 2 is 1.59 bits per heavy atom. The molecule has 2 aromatic rings. The Balaban J connectivity index is 1.69. The highest BCUT2D eigenvalue weighted by atomic mass is 79.9. The molecule has 0 aliphatic carbocycles. The Kier molecular flexibility index (Phi) is 8.41. The van der Waals surface area contributed by atoms with E-state index in [0.29, 0.717) is 11.5 Å². The third-order valence-corrected chi connectivity index (χ3v) is 4.46. The third-order valence-electron chi connectivity index (χ3n) is 3.77. The minimum Gasteiger partial charge on any atom is -0.483 e. The molecule has 154 valence electrons. The minimum absolute atomic E-state index is 0.0484. The number of hydrogen-bond acceptors (Lipinski definition) is 5. The Morgan fingerprint density at radius 1 is 0.897 bits per heavy atom. The standard InChI is InChI=1S/C20H22BrN3O4S/c1-12-4-5-13(2)17(8-12)28-10-18(25)22-20(29)24-23-19(26)11-27-16-7-6-15(21)9-14(16)3/h4-9H,10-11H2,1-3H3,(H,23,26)(H2,22,24,25,29). The predicted octanol–water partition coefficient (Wildman–Crippen LogP) is 2.85. The van der Waals surface area contributed by atoms with Crippen LogP contribution in [0.25, 0.3) is 0 Å². The summed E-state index contributed by atoms with van der Waals surface area (Å²) in [5, 5.41) is 2.38. The van der Waals surface area contributed by atoms with Crippen LogP contribution >= 0.6 is 28.1 Å². The molecule has 29 heavy (non-hydrogen) atoms. The Hall–Kier alpha value is -2.65. The fourth-order valence-electron chi connectivity index (χ4n) is 2.28. The van der Waals surface area contributed by atoms with Gasteiger partial charge in [0.05, 0.1) is 0 Å². The van der Waals surface area contributed by atoms with Gasteiger partial charge in [-0.05, 0) is 73.9 Å². The second-order valence-electron chi connectivity index (χ2n) is 6.31. The van der Waals surface area contributed by atoms with E-state index in [2.05, 4.69) is 32.1 Å². The number of carbonyl (C=O) groups excluding carboxylic acids is 2. The van der Waals surface area contributed by atoms with Crippen molar-refractivity contribution in [2.75, 3.05) is 13.2 Å². The van der Waals surface area contributed by atoms with Gasteiger partial charge in [0.1, 0.15) is 11.5 Å². The van der Waals surface area contributed by atoms with Gasteiger partial charge in [-0.1, -0.05) is 28.1 Å². The van der Waals surface area contributed by atoms with Crippen LogP contribution in [-0.4, -0.2) is 30.1 Å². The molecule has 0 spiro atoms. The van der Waals surface area contributed by atoms with Crippen molar-refractivity contribution >= 4 is 45.1 Å². The summed E-state index contributed by atoms with van der Waals surface area (Å²) < 4.78 is 11.9. The summed E-state index contributed by atoms with van der Waals surface area (Å²) in [5.41, 5.74) is 7.67. The molecule has 0 saturated heterocycles. The molecule has 2 rings (SSSR count). The molecule has 2 aromatic carbocycles. The number of carbonyl (C=O) groups is 2. The van der Waals surface area contributed by atoms with Gasteiger partial charge in [0.15, 0.2) is 18.3 Å². The highest BCUT2D eigenvalue weighted by Crippen LogP contribution is 2.22. The molecule has 0 heterocycles. The van der Waals surface area contributed by atoms with Crippen LogP contribution in [0.15, 0.2) is 40.9 Å². The van der Waals surface area contributed by atoms with Gasteiger partial charge in [-0.15, -0.1) is 0 Å². The van der Waals surface area contributed by atoms with Crippen LogP contribution in [0.3, 0.4) is 0 Å². The highest BCUT2D eigenvalue weighted by molar-refractivity contribution is 9.10. The molecule has 2 amide bonds. The van der Waals surface area contributed by atoms with Gasteiger partial charge in [0, 0.05) is 4.47 Å². The third kappa shape index (κ3) is 7.71. The molecule has 7 nitrogen and oxygen atoms in total. The molecule has 0 fully saturated rings. The van der Waals surface area contributed by atoms with E-state index in [9.17, 15) is 9.59 Å². The van der Waals surface area contributed by atoms with Crippen LogP contribution in [-0.2, 0) is 9.59 Å². The van der Waals surface area contributed by atoms with Crippen molar-refractivity contribution in [3.8, 4) is 11.5 Å². The first kappa shape index (κ1) is 22.6. The van der Waals surface area contributed by atoms with Crippen molar-refractivity contribution in [2.45, 2.75) is 20.8 Å². The van der Waals surface area contributed by atoms with E-state index in [1.807, 2.05) is 51.1 Å². The summed E-state index contributed by atoms with van der Waals surface area (Å²) >= 11 is 8.34. The summed E-state index contributed by atoms with van der Waals surface area (Å²) in [7, 11) is 0. The molecule has 3 N–H and O–H groups in total. The average molecular weight is 480 g/mol. The molecule has 0 atom stereocenters. The lowest BCUT2D eigenvalue weighted by Crippen LogP contribution is -2.50. The number of hydrogen-bond donors (Lipinski definition) is 3. The number of rotatable bonds is 6. The van der Waals surface area contributed by atoms with Gasteiger partial charge in [-0.25, -0.2) is 0 Å². The average Bonchev–Trinajstić information content (AvgIpc) is 2.66. The van der Waals surface area contributed by atoms with Gasteiger partial charge >= 0.3 is 0 Å². The quantitative estimate of drug-likeness (QED) is 0.436. The highest BCUT2D eigenvalue weighted by Gasteiger charge is 2.09. The van der Waals surface area contributed by atoms with Crippen LogP contribution in [0.4, 0.5) is 0 Å². The number of hydrazine groups is 1. The van der Waals surface area contributed by atoms with Crippen LogP contribution in [0.2, 0.25) is 0 Å². The summed E-state index contributed by atoms with van der Waals surface area (Å²) in [5.74, 6) is 0.338. The lowest BCUT2D eigenvalue weighted by atomic mass is 10.1. The zero-order valence-corrected chi connectivity index (χ0v) is 18.7. The number of amides is 2. The van der Waals surface area contributed by atoms with E-state index in [1.54, 1.807) is 6.07 Å². The molecular weight excluding hydrogens is 458 g/mol. The SMILES string of the molecule is Cc1ccc(C)c(OCC(=O)NC(=S)NNC(=O)COc2ccc(Br)cc2C)c1. The molecule has 0 aliphatic heterocycles. The Labute approximate surface area is 183 Å². The Morgan fingerprint density at radius 3 is 2.31 bits per heavy atom. The second-order valence-corrected chi connectivity index (χ2v) is 7.63. The van der Waals surface area contributed by atoms with E-state index in [1.165, 1.54) is 0 Å². The number of nitrogens with one attached hydrogen (secondary N) is 3. The zero-order chi connectivity index (χ0) is 21.4. The van der Waals surface area contributed by atoms with Crippen LogP contribution in [0.5, 0.6) is 11.5 Å². The lowest BCUT2D eigenvalue weighted by molar-refractivity contribution is -0.124. The van der Waals surface area contributed by atoms with Crippen molar-refractivity contribution in [3.05, 3.63) is 57.6 Å². The lowest BCUT2D eigenvalue weighted by Gasteiger charge is -2.13. The van der Waals surface area contributed by atoms with Crippen molar-refractivity contribution < 1.29 is 19.1 Å². The number of halogens is 1. The molecule has 0 unspecified atom stereocenters. The molecule has 0 bridgehead atoms. The first-order valence-electron chi connectivity index (χ1n) is 8.72. The van der Waals surface area contributed by atoms with Crippen molar-refractivity contribution in [3.63, 3.8) is 0 Å². The van der Waals surface area contributed by atoms with Gasteiger partial charge in [0.25, 0.3) is 11.8 Å². The molecule has 9 heteroatoms. The van der Waals surface area contributed by atoms with E-state index < -0.39 is 11.8 Å². The first-order chi connectivity index (χ1) is 13.7. The number of ether oxygens (including phenoxy) is 2. The first-order valence-corrected chi connectivity index (χ1v) is 9.92. The van der Waals surface area contributed by atoms with Crippen LogP contribution < -0.4 is 25.6 Å². The van der Waals surface area contributed by atoms with E-state index in [0.717, 1.165) is 21.2 Å². The molecular formula is C20H22BrN3O4S. The van der Waals surface area contributed by atoms with Crippen molar-refractivity contribution in [1.82, 2.24) is 16.2 Å². The molecule has 0 radical (unpaired) electrons. The van der Waals surface area contributed by atoms with Gasteiger partial charge < -0.3 is 9.47 Å². The fraction of sp³-hybridized carbons (Fsp3) is 0.250. The van der Waals surface area contributed by atoms with Gasteiger partial charge in [-0.3, -0.25) is 25.8 Å². The number of aryl methyl sites for hydroxylation is 3. The molecule has 0 saturated carbocycles. The summed E-state index contributed by atoms with van der Waals surface area (Å²) in [6.07, 6.45) is 0. The summed E-state index contributed by atoms with van der Waals surface area (Å²) in [6, 6.07) is 11.2. The Bertz CT molecular complexity index is 921. The smallest absolute Gasteiger partial charge is 0.276 e. The number of benzene rings is 2. The normalized spacial score (nSPS) is 10.1. The van der Waals surface area contributed by atoms with Crippen molar-refractivity contribution in [2.24, 2.45) is 0 Å². The van der Waals surface area contributed by atoms with Gasteiger partial charge in [0.2, 0.25) is 0 Å². The second kappa shape index (κ2) is 10.8. The maximum Gasteiger partial charge on any atom is 0.276 e. The zero-order valence-electron chi connectivity index (χ0n) is 16.3. The fourth-order valence-corrected chi connectivity index (χ4v) is 2.92. The predicted molar refractivity (Wildman–Crippen MR) is 118 cm³/mol. The van der Waals surface area contributed by atoms with Crippen LogP contribution in [0.1, 0.15) is 16.7 Å². The van der Waals surface area contributed by atoms with Crippen molar-refractivity contribution in [1.29, 1.82) is 0 Å². The molecule has 0 aliphatic rings. The topological polar surface area (TPSA) is 88.7 Å². The maximum absolute atomic E-state index is 11.9. The van der Waals surface area contributed by atoms with E-state index >= 15 is 0 Å². The van der Waals surface area contributed by atoms with Gasteiger partial charge in [-0.2, -0.15) is 0 Å². The monoisotopic (exact) mass is 479 g/mol. The van der Waals surface area contributed by atoms with E-state index in [4.69, 9.17) is 21.7 Å². The van der Waals surface area contributed by atoms with E-state index in [-0.39, 0.29) is 18.3 Å². The summed E-state index contributed by atoms with van der Waals surface area (Å²) in [6.45, 7) is 5.30. The van der Waals surface area contributed by atoms with Crippen LogP contribution in [0, 0.1) is 20.8 Å². The maximum atomic E-state index is 11.9. The molecule has 0 aromatic heterocycles. The summed E-state index contributed by atoms with van der Waals surface area (Å²) in [4.78, 5) is 23.8. The minimum atomic E-state index is -0.449. The number of thiocarbonyl (C=S) groups is 1. The largest absolute Gasteiger partial charge is 0.483 e.